The highest BCUT2D eigenvalue weighted by Crippen LogP contribution is 2.23. The van der Waals surface area contributed by atoms with Gasteiger partial charge in [-0.1, -0.05) is 91.0 Å². The van der Waals surface area contributed by atoms with Crippen LogP contribution < -0.4 is 0 Å². The fourth-order valence-corrected chi connectivity index (χ4v) is 3.60. The fourth-order valence-electron chi connectivity index (χ4n) is 3.60. The number of methoxy groups -OCH3 is 1. The molecule has 3 rings (SSSR count). The Bertz CT molecular complexity index is 1060. The molecule has 0 radical (unpaired) electrons. The van der Waals surface area contributed by atoms with Gasteiger partial charge in [0.15, 0.2) is 0 Å². The summed E-state index contributed by atoms with van der Waals surface area (Å²) in [5, 5.41) is 0. The number of esters is 1. The Kier molecular flexibility index (Phi) is 9.01. The topological polar surface area (TPSA) is 46.6 Å². The zero-order chi connectivity index (χ0) is 23.5. The molecule has 0 bridgehead atoms. The molecule has 4 nitrogen and oxygen atoms in total. The van der Waals surface area contributed by atoms with Crippen molar-refractivity contribution in [3.8, 4) is 0 Å². The Morgan fingerprint density at radius 3 is 2.09 bits per heavy atom. The first-order valence-corrected chi connectivity index (χ1v) is 11.2. The average Bonchev–Trinajstić information content (AvgIpc) is 2.86. The van der Waals surface area contributed by atoms with Gasteiger partial charge >= 0.3 is 5.97 Å². The van der Waals surface area contributed by atoms with Gasteiger partial charge in [0.25, 0.3) is 0 Å². The summed E-state index contributed by atoms with van der Waals surface area (Å²) in [6, 6.07) is 28.3. The number of hydrogen-bond donors (Lipinski definition) is 0. The smallest absolute Gasteiger partial charge is 0.305 e. The third-order valence-corrected chi connectivity index (χ3v) is 5.65. The number of amides is 1. The number of likely N-dealkylation sites (N-methyl/N-ethyl adjacent to an activating group) is 1. The Morgan fingerprint density at radius 2 is 1.45 bits per heavy atom. The number of rotatable bonds is 10. The number of carbonyl (C=O) groups excluding carboxylic acids is 2. The molecular formula is C29H31NO3. The molecule has 0 spiro atoms. The number of ether oxygens (including phenoxy) is 1. The van der Waals surface area contributed by atoms with Crippen molar-refractivity contribution < 1.29 is 14.3 Å². The first-order chi connectivity index (χ1) is 16.0. The van der Waals surface area contributed by atoms with Gasteiger partial charge in [-0.15, -0.1) is 0 Å². The minimum absolute atomic E-state index is 0.109. The number of nitrogens with zero attached hydrogens (tertiary/aromatic N) is 1. The minimum atomic E-state index is -0.220. The summed E-state index contributed by atoms with van der Waals surface area (Å²) in [5.41, 5.74) is 5.41. The molecule has 3 aromatic rings. The first kappa shape index (κ1) is 24.0. The van der Waals surface area contributed by atoms with Crippen molar-refractivity contribution in [2.24, 2.45) is 0 Å². The lowest BCUT2D eigenvalue weighted by atomic mass is 9.98. The normalized spacial score (nSPS) is 11.2. The summed E-state index contributed by atoms with van der Waals surface area (Å²) < 4.78 is 4.80. The Balaban J connectivity index is 1.62. The number of allylic oxidation sites excluding steroid dienone is 1. The fraction of sp³-hybridized carbons (Fsp3) is 0.241. The van der Waals surface area contributed by atoms with Crippen LogP contribution in [0.5, 0.6) is 0 Å². The van der Waals surface area contributed by atoms with Crippen molar-refractivity contribution in [1.29, 1.82) is 0 Å². The van der Waals surface area contributed by atoms with Gasteiger partial charge in [0.1, 0.15) is 0 Å². The van der Waals surface area contributed by atoms with Gasteiger partial charge < -0.3 is 9.64 Å². The molecule has 0 aromatic heterocycles. The van der Waals surface area contributed by atoms with Crippen LogP contribution in [0.15, 0.2) is 84.9 Å². The molecule has 0 heterocycles. The number of hydrogen-bond acceptors (Lipinski definition) is 3. The standard InChI is InChI=1S/C29H31NO3/c1-30(20-19-23-9-5-3-6-10-23)28(31)22-25-15-13-24(14-16-25)21-27(17-18-29(32)33-2)26-11-7-4-8-12-26/h3-16,21H,17-20,22H2,1-2H3. The second-order valence-electron chi connectivity index (χ2n) is 8.08. The van der Waals surface area contributed by atoms with Gasteiger partial charge in [-0.05, 0) is 40.7 Å². The number of carbonyl (C=O) groups is 2. The van der Waals surface area contributed by atoms with Crippen LogP contribution in [0.1, 0.15) is 35.1 Å². The van der Waals surface area contributed by atoms with Crippen LogP contribution in [-0.2, 0) is 27.2 Å². The predicted octanol–water partition coefficient (Wildman–Crippen LogP) is 5.42. The lowest BCUT2D eigenvalue weighted by Crippen LogP contribution is -2.30. The molecule has 4 heteroatoms. The highest BCUT2D eigenvalue weighted by Gasteiger charge is 2.10. The maximum absolute atomic E-state index is 12.6. The van der Waals surface area contributed by atoms with Gasteiger partial charge in [0.2, 0.25) is 5.91 Å². The second-order valence-corrected chi connectivity index (χ2v) is 8.08. The molecular weight excluding hydrogens is 410 g/mol. The van der Waals surface area contributed by atoms with Crippen LogP contribution in [0.3, 0.4) is 0 Å². The molecule has 33 heavy (non-hydrogen) atoms. The maximum Gasteiger partial charge on any atom is 0.305 e. The number of benzene rings is 3. The van der Waals surface area contributed by atoms with E-state index >= 15 is 0 Å². The van der Waals surface area contributed by atoms with Crippen molar-refractivity contribution in [1.82, 2.24) is 4.90 Å². The molecule has 3 aromatic carbocycles. The van der Waals surface area contributed by atoms with Crippen LogP contribution in [-0.4, -0.2) is 37.5 Å². The van der Waals surface area contributed by atoms with Crippen molar-refractivity contribution in [2.45, 2.75) is 25.7 Å². The van der Waals surface area contributed by atoms with E-state index in [0.29, 0.717) is 25.8 Å². The van der Waals surface area contributed by atoms with Crippen LogP contribution in [0, 0.1) is 0 Å². The highest BCUT2D eigenvalue weighted by atomic mass is 16.5. The molecule has 0 aliphatic rings. The second kappa shape index (κ2) is 12.4. The van der Waals surface area contributed by atoms with Gasteiger partial charge in [-0.25, -0.2) is 0 Å². The Morgan fingerprint density at radius 1 is 0.818 bits per heavy atom. The van der Waals surface area contributed by atoms with Crippen LogP contribution in [0.2, 0.25) is 0 Å². The van der Waals surface area contributed by atoms with Crippen LogP contribution >= 0.6 is 0 Å². The molecule has 0 saturated carbocycles. The summed E-state index contributed by atoms with van der Waals surface area (Å²) in [7, 11) is 3.27. The molecule has 0 N–H and O–H groups in total. The summed E-state index contributed by atoms with van der Waals surface area (Å²) in [4.78, 5) is 26.1. The Hall–Kier alpha value is -3.66. The third-order valence-electron chi connectivity index (χ3n) is 5.65. The predicted molar refractivity (Wildman–Crippen MR) is 133 cm³/mol. The zero-order valence-corrected chi connectivity index (χ0v) is 19.4. The van der Waals surface area contributed by atoms with Crippen molar-refractivity contribution in [2.75, 3.05) is 20.7 Å². The molecule has 0 fully saturated rings. The van der Waals surface area contributed by atoms with E-state index in [1.54, 1.807) is 4.90 Å². The lowest BCUT2D eigenvalue weighted by molar-refractivity contribution is -0.140. The summed E-state index contributed by atoms with van der Waals surface area (Å²) in [5.74, 6) is -0.112. The first-order valence-electron chi connectivity index (χ1n) is 11.2. The molecule has 0 saturated heterocycles. The minimum Gasteiger partial charge on any atom is -0.469 e. The van der Waals surface area contributed by atoms with Crippen LogP contribution in [0.25, 0.3) is 11.6 Å². The van der Waals surface area contributed by atoms with Gasteiger partial charge in [0.05, 0.1) is 13.5 Å². The van der Waals surface area contributed by atoms with Crippen molar-refractivity contribution in [3.05, 3.63) is 107 Å². The van der Waals surface area contributed by atoms with E-state index in [1.165, 1.54) is 12.7 Å². The van der Waals surface area contributed by atoms with E-state index < -0.39 is 0 Å². The maximum atomic E-state index is 12.6. The SMILES string of the molecule is COC(=O)CCC(=Cc1ccc(CC(=O)N(C)CCc2ccccc2)cc1)c1ccccc1. The summed E-state index contributed by atoms with van der Waals surface area (Å²) in [6.07, 6.45) is 4.25. The summed E-state index contributed by atoms with van der Waals surface area (Å²) >= 11 is 0. The van der Waals surface area contributed by atoms with E-state index in [0.717, 1.165) is 28.7 Å². The highest BCUT2D eigenvalue weighted by molar-refractivity contribution is 5.84. The Labute approximate surface area is 196 Å². The molecule has 1 amide bonds. The molecule has 0 unspecified atom stereocenters. The largest absolute Gasteiger partial charge is 0.469 e. The van der Waals surface area contributed by atoms with Gasteiger partial charge in [-0.3, -0.25) is 9.59 Å². The third kappa shape index (κ3) is 7.76. The zero-order valence-electron chi connectivity index (χ0n) is 19.4. The van der Waals surface area contributed by atoms with E-state index in [2.05, 4.69) is 18.2 Å². The molecule has 0 aliphatic heterocycles. The average molecular weight is 442 g/mol. The molecule has 170 valence electrons. The monoisotopic (exact) mass is 441 g/mol. The van der Waals surface area contributed by atoms with E-state index in [-0.39, 0.29) is 11.9 Å². The lowest BCUT2D eigenvalue weighted by Gasteiger charge is -2.17. The van der Waals surface area contributed by atoms with Crippen molar-refractivity contribution >= 4 is 23.5 Å². The van der Waals surface area contributed by atoms with Crippen LogP contribution in [0.4, 0.5) is 0 Å². The van der Waals surface area contributed by atoms with Gasteiger partial charge in [0, 0.05) is 20.0 Å². The quantitative estimate of drug-likeness (QED) is 0.312. The molecule has 0 aliphatic carbocycles. The van der Waals surface area contributed by atoms with Gasteiger partial charge in [-0.2, -0.15) is 0 Å². The van der Waals surface area contributed by atoms with E-state index in [1.807, 2.05) is 79.8 Å². The summed E-state index contributed by atoms with van der Waals surface area (Å²) in [6.45, 7) is 0.699. The van der Waals surface area contributed by atoms with E-state index in [4.69, 9.17) is 4.74 Å². The molecule has 0 atom stereocenters. The van der Waals surface area contributed by atoms with Crippen molar-refractivity contribution in [3.63, 3.8) is 0 Å². The van der Waals surface area contributed by atoms with E-state index in [9.17, 15) is 9.59 Å².